The summed E-state index contributed by atoms with van der Waals surface area (Å²) in [6.45, 7) is 7.58. The number of benzene rings is 1. The topological polar surface area (TPSA) is 189 Å². The van der Waals surface area contributed by atoms with E-state index in [0.717, 1.165) is 43.9 Å². The average molecular weight is 782 g/mol. The maximum absolute atomic E-state index is 14.4. The number of hydrogen-bond donors (Lipinski definition) is 3. The number of rotatable bonds is 15. The molecule has 6 rings (SSSR count). The predicted molar refractivity (Wildman–Crippen MR) is 203 cm³/mol. The molecule has 5 amide bonds. The number of hydrogen-bond acceptors (Lipinski definition) is 9. The van der Waals surface area contributed by atoms with Gasteiger partial charge in [-0.25, -0.2) is 8.42 Å². The zero-order valence-electron chi connectivity index (χ0n) is 32.3. The molecule has 300 valence electrons. The van der Waals surface area contributed by atoms with Crippen molar-refractivity contribution in [2.24, 2.45) is 28.6 Å². The molecule has 0 radical (unpaired) electrons. The third-order valence-electron chi connectivity index (χ3n) is 11.8. The minimum absolute atomic E-state index is 0.0589. The number of carbonyl (C=O) groups excluding carboxylic acids is 5. The van der Waals surface area contributed by atoms with Crippen molar-refractivity contribution in [3.63, 3.8) is 0 Å². The van der Waals surface area contributed by atoms with E-state index >= 15 is 0 Å². The molecule has 2 aliphatic carbocycles. The molecule has 0 bridgehead atoms. The fourth-order valence-corrected chi connectivity index (χ4v) is 8.87. The summed E-state index contributed by atoms with van der Waals surface area (Å²) >= 11 is 0. The minimum Gasteiger partial charge on any atom is -0.376 e. The van der Waals surface area contributed by atoms with E-state index in [4.69, 9.17) is 4.74 Å². The second kappa shape index (κ2) is 16.4. The number of nitrogens with zero attached hydrogens (tertiary/aromatic N) is 4. The van der Waals surface area contributed by atoms with E-state index in [-0.39, 0.29) is 49.2 Å². The van der Waals surface area contributed by atoms with Gasteiger partial charge in [-0.1, -0.05) is 63.4 Å². The normalized spacial score (nSPS) is 22.7. The molecule has 16 heteroatoms. The maximum Gasteiger partial charge on any atom is 0.257 e. The number of nitrogens with one attached hydrogen (secondary N) is 3. The molecule has 1 spiro atoms. The van der Waals surface area contributed by atoms with Crippen molar-refractivity contribution in [1.82, 2.24) is 34.9 Å². The van der Waals surface area contributed by atoms with Crippen LogP contribution >= 0.6 is 0 Å². The fourth-order valence-electron chi connectivity index (χ4n) is 8.35. The van der Waals surface area contributed by atoms with Crippen LogP contribution in [0.4, 0.5) is 0 Å². The second-order valence-electron chi connectivity index (χ2n) is 16.8. The van der Waals surface area contributed by atoms with E-state index in [1.54, 1.807) is 27.6 Å². The second-order valence-corrected chi connectivity index (χ2v) is 18.6. The molecule has 15 nitrogen and oxygen atoms in total. The van der Waals surface area contributed by atoms with Gasteiger partial charge in [0.2, 0.25) is 33.7 Å². The maximum atomic E-state index is 14.4. The Morgan fingerprint density at radius 3 is 2.31 bits per heavy atom. The summed E-state index contributed by atoms with van der Waals surface area (Å²) in [6.07, 6.45) is 9.34. The molecule has 1 aromatic carbocycles. The quantitative estimate of drug-likeness (QED) is 0.243. The van der Waals surface area contributed by atoms with Crippen molar-refractivity contribution in [2.75, 3.05) is 45.6 Å². The van der Waals surface area contributed by atoms with Gasteiger partial charge in [0.25, 0.3) is 5.91 Å². The van der Waals surface area contributed by atoms with E-state index < -0.39 is 51.2 Å². The highest BCUT2D eigenvalue weighted by molar-refractivity contribution is 7.89. The number of amides is 5. The first-order chi connectivity index (χ1) is 26.0. The number of aromatic nitrogens is 2. The lowest BCUT2D eigenvalue weighted by Gasteiger charge is -2.50. The molecule has 2 aliphatic heterocycles. The van der Waals surface area contributed by atoms with Crippen LogP contribution in [0.5, 0.6) is 0 Å². The van der Waals surface area contributed by atoms with Gasteiger partial charge >= 0.3 is 0 Å². The standard InChI is InChI=1S/C39H55N7O8S/c1-26(54-22-28-13-9-6-10-14-28)33(35(49)40-16-15-32(47)43-55(4,52)53)42-34(48)31-21-44(23-39(31)24-45(25-39)37(51)30-17-38(30,2)3)36(50)29-18-41-46(20-29)19-27-11-7-5-8-12-27/h5,7-8,11-12,18,20,26,28,30-31,33H,6,9-10,13-17,19,21-25H2,1-4H3,(H,40,49)(H,42,48)(H,43,47)/t26-,30-,31+,33?/m1/s1. The van der Waals surface area contributed by atoms with E-state index in [9.17, 15) is 32.4 Å². The van der Waals surface area contributed by atoms with Crippen LogP contribution in [0.25, 0.3) is 0 Å². The van der Waals surface area contributed by atoms with Gasteiger partial charge in [-0.2, -0.15) is 5.10 Å². The summed E-state index contributed by atoms with van der Waals surface area (Å²) in [7, 11) is -3.76. The van der Waals surface area contributed by atoms with Crippen molar-refractivity contribution in [1.29, 1.82) is 0 Å². The van der Waals surface area contributed by atoms with Crippen LogP contribution in [0, 0.1) is 28.6 Å². The van der Waals surface area contributed by atoms with Crippen molar-refractivity contribution in [3.8, 4) is 0 Å². The van der Waals surface area contributed by atoms with Crippen molar-refractivity contribution in [3.05, 3.63) is 53.9 Å². The Labute approximate surface area is 323 Å². The van der Waals surface area contributed by atoms with Crippen LogP contribution < -0.4 is 15.4 Å². The summed E-state index contributed by atoms with van der Waals surface area (Å²) in [5.74, 6) is -2.45. The zero-order valence-corrected chi connectivity index (χ0v) is 33.1. The highest BCUT2D eigenvalue weighted by Gasteiger charge is 2.62. The van der Waals surface area contributed by atoms with Gasteiger partial charge < -0.3 is 25.2 Å². The van der Waals surface area contributed by atoms with Crippen LogP contribution in [0.2, 0.25) is 0 Å². The van der Waals surface area contributed by atoms with Gasteiger partial charge in [0.15, 0.2) is 0 Å². The molecule has 3 heterocycles. The van der Waals surface area contributed by atoms with Gasteiger partial charge in [0, 0.05) is 63.3 Å². The number of carbonyl (C=O) groups is 5. The van der Waals surface area contributed by atoms with Gasteiger partial charge in [0.05, 0.1) is 36.6 Å². The lowest BCUT2D eigenvalue weighted by molar-refractivity contribution is -0.152. The molecule has 4 atom stereocenters. The third kappa shape index (κ3) is 9.93. The number of ether oxygens (including phenoxy) is 1. The fraction of sp³-hybridized carbons (Fsp3) is 0.641. The van der Waals surface area contributed by atoms with E-state index in [1.807, 2.05) is 35.1 Å². The van der Waals surface area contributed by atoms with Crippen molar-refractivity contribution < 1.29 is 37.1 Å². The lowest BCUT2D eigenvalue weighted by atomic mass is 9.70. The average Bonchev–Trinajstić information content (AvgIpc) is 3.42. The van der Waals surface area contributed by atoms with E-state index in [1.165, 1.54) is 12.6 Å². The zero-order chi connectivity index (χ0) is 39.5. The van der Waals surface area contributed by atoms with Gasteiger partial charge in [-0.15, -0.1) is 0 Å². The lowest BCUT2D eigenvalue weighted by Crippen LogP contribution is -2.65. The van der Waals surface area contributed by atoms with Gasteiger partial charge in [-0.05, 0) is 43.1 Å². The smallest absolute Gasteiger partial charge is 0.257 e. The molecule has 1 unspecified atom stereocenters. The largest absolute Gasteiger partial charge is 0.376 e. The number of likely N-dealkylation sites (tertiary alicyclic amines) is 2. The van der Waals surface area contributed by atoms with Crippen molar-refractivity contribution in [2.45, 2.75) is 84.4 Å². The molecule has 1 aromatic heterocycles. The summed E-state index contributed by atoms with van der Waals surface area (Å²) in [5, 5.41) is 10.0. The van der Waals surface area contributed by atoms with Crippen LogP contribution in [0.15, 0.2) is 42.7 Å². The molecule has 4 aliphatic rings. The summed E-state index contributed by atoms with van der Waals surface area (Å²) in [6, 6.07) is 8.63. The van der Waals surface area contributed by atoms with Gasteiger partial charge in [-0.3, -0.25) is 33.4 Å². The molecule has 55 heavy (non-hydrogen) atoms. The summed E-state index contributed by atoms with van der Waals surface area (Å²) < 4.78 is 32.7. The predicted octanol–water partition coefficient (Wildman–Crippen LogP) is 1.93. The van der Waals surface area contributed by atoms with Gasteiger partial charge in [0.1, 0.15) is 6.04 Å². The number of sulfonamides is 1. The highest BCUT2D eigenvalue weighted by Crippen LogP contribution is 2.54. The molecule has 2 aromatic rings. The monoisotopic (exact) mass is 781 g/mol. The molecule has 4 fully saturated rings. The Morgan fingerprint density at radius 1 is 0.982 bits per heavy atom. The Bertz CT molecular complexity index is 1850. The van der Waals surface area contributed by atoms with Crippen LogP contribution in [-0.2, 0) is 40.5 Å². The molecule has 3 N–H and O–H groups in total. The molecule has 2 saturated carbocycles. The molecular formula is C39H55N7O8S. The molecular weight excluding hydrogens is 727 g/mol. The van der Waals surface area contributed by atoms with Crippen LogP contribution in [0.3, 0.4) is 0 Å². The summed E-state index contributed by atoms with van der Waals surface area (Å²) in [5.41, 5.74) is 0.646. The van der Waals surface area contributed by atoms with Crippen molar-refractivity contribution >= 4 is 39.6 Å². The molecule has 2 saturated heterocycles. The Kier molecular flexibility index (Phi) is 12.1. The Balaban J connectivity index is 1.17. The Morgan fingerprint density at radius 2 is 1.65 bits per heavy atom. The van der Waals surface area contributed by atoms with E-state index in [0.29, 0.717) is 37.7 Å². The van der Waals surface area contributed by atoms with E-state index in [2.05, 4.69) is 29.6 Å². The first kappa shape index (κ1) is 40.4. The first-order valence-electron chi connectivity index (χ1n) is 19.4. The minimum atomic E-state index is -3.76. The van der Waals surface area contributed by atoms with Crippen LogP contribution in [-0.4, -0.2) is 115 Å². The SMILES string of the molecule is C[C@@H](OCC1CCCCC1)C(NC(=O)[C@@H]1CN(C(=O)c2cnn(Cc3ccccc3)c2)CC12CN(C(=O)[C@H]1CC1(C)C)C2)C(=O)NCCC(=O)NS(C)(=O)=O. The highest BCUT2D eigenvalue weighted by atomic mass is 32.2. The first-order valence-corrected chi connectivity index (χ1v) is 21.3. The Hall–Kier alpha value is -4.31. The van der Waals surface area contributed by atoms with Crippen LogP contribution in [0.1, 0.15) is 81.6 Å². The third-order valence-corrected chi connectivity index (χ3v) is 12.4. The summed E-state index contributed by atoms with van der Waals surface area (Å²) in [4.78, 5) is 71.0.